The number of aryl methyl sites for hydroxylation is 1. The molecule has 0 saturated heterocycles. The lowest BCUT2D eigenvalue weighted by Gasteiger charge is -2.04. The van der Waals surface area contributed by atoms with Crippen molar-refractivity contribution < 1.29 is 18.0 Å². The molecule has 0 aliphatic heterocycles. The molecule has 0 radical (unpaired) electrons. The van der Waals surface area contributed by atoms with Gasteiger partial charge in [-0.1, -0.05) is 18.5 Å². The summed E-state index contributed by atoms with van der Waals surface area (Å²) in [6, 6.07) is 1.51. The molecule has 0 aliphatic carbocycles. The van der Waals surface area contributed by atoms with Crippen LogP contribution in [0, 0.1) is 17.5 Å². The van der Waals surface area contributed by atoms with Crippen molar-refractivity contribution in [2.75, 3.05) is 0 Å². The average Bonchev–Trinajstić information content (AvgIpc) is 2.71. The molecule has 2 rings (SSSR count). The number of hydrogen-bond donors (Lipinski definition) is 0. The first-order valence-corrected chi connectivity index (χ1v) is 5.74. The molecule has 0 bridgehead atoms. The lowest BCUT2D eigenvalue weighted by Crippen LogP contribution is -2.01. The number of carbonyl (C=O) groups excluding carboxylic acids is 1. The van der Waals surface area contributed by atoms with E-state index in [1.807, 2.05) is 0 Å². The first kappa shape index (κ1) is 13.6. The van der Waals surface area contributed by atoms with Gasteiger partial charge in [0.25, 0.3) is 0 Å². The Morgan fingerprint density at radius 2 is 1.89 bits per heavy atom. The highest BCUT2D eigenvalue weighted by Crippen LogP contribution is 2.24. The van der Waals surface area contributed by atoms with Crippen molar-refractivity contribution in [1.82, 2.24) is 9.78 Å². The van der Waals surface area contributed by atoms with Gasteiger partial charge >= 0.3 is 0 Å². The minimum Gasteiger partial charge on any atom is -0.298 e. The van der Waals surface area contributed by atoms with E-state index >= 15 is 0 Å². The summed E-state index contributed by atoms with van der Waals surface area (Å²) in [5.41, 5.74) is 0.448. The smallest absolute Gasteiger partial charge is 0.194 e. The molecule has 1 aromatic heterocycles. The van der Waals surface area contributed by atoms with Gasteiger partial charge in [-0.15, -0.1) is 0 Å². The van der Waals surface area contributed by atoms with Crippen molar-refractivity contribution in [3.8, 4) is 5.69 Å². The van der Waals surface area contributed by atoms with Crippen molar-refractivity contribution in [1.29, 1.82) is 0 Å². The fraction of sp³-hybridized carbons (Fsp3) is 0.167. The zero-order valence-corrected chi connectivity index (χ0v) is 10.5. The van der Waals surface area contributed by atoms with Crippen LogP contribution in [0.5, 0.6) is 0 Å². The van der Waals surface area contributed by atoms with Gasteiger partial charge in [0.2, 0.25) is 0 Å². The topological polar surface area (TPSA) is 34.9 Å². The van der Waals surface area contributed by atoms with Crippen molar-refractivity contribution >= 4 is 17.9 Å². The summed E-state index contributed by atoms with van der Waals surface area (Å²) in [6.07, 6.45) is 0.938. The summed E-state index contributed by atoms with van der Waals surface area (Å²) in [4.78, 5) is 10.9. The van der Waals surface area contributed by atoms with E-state index < -0.39 is 17.5 Å². The van der Waals surface area contributed by atoms with E-state index in [2.05, 4.69) is 5.10 Å². The molecule has 0 aliphatic rings. The molecule has 0 spiro atoms. The van der Waals surface area contributed by atoms with Crippen molar-refractivity contribution in [3.05, 3.63) is 46.0 Å². The first-order chi connectivity index (χ1) is 8.99. The molecule has 100 valence electrons. The van der Waals surface area contributed by atoms with Crippen LogP contribution in [0.2, 0.25) is 5.15 Å². The van der Waals surface area contributed by atoms with E-state index in [9.17, 15) is 18.0 Å². The molecule has 1 aromatic carbocycles. The normalized spacial score (nSPS) is 10.8. The van der Waals surface area contributed by atoms with Gasteiger partial charge in [0.1, 0.15) is 5.15 Å². The Morgan fingerprint density at radius 3 is 2.32 bits per heavy atom. The van der Waals surface area contributed by atoms with Gasteiger partial charge in [-0.2, -0.15) is 5.10 Å². The molecule has 19 heavy (non-hydrogen) atoms. The maximum Gasteiger partial charge on any atom is 0.194 e. The van der Waals surface area contributed by atoms with Crippen molar-refractivity contribution in [3.63, 3.8) is 0 Å². The molecule has 0 saturated carbocycles. The van der Waals surface area contributed by atoms with E-state index in [1.54, 1.807) is 6.92 Å². The average molecular weight is 289 g/mol. The number of aromatic nitrogens is 2. The lowest BCUT2D eigenvalue weighted by molar-refractivity contribution is 0.112. The summed E-state index contributed by atoms with van der Waals surface area (Å²) >= 11 is 5.92. The monoisotopic (exact) mass is 288 g/mol. The Balaban J connectivity index is 2.66. The zero-order chi connectivity index (χ0) is 14.2. The van der Waals surface area contributed by atoms with Gasteiger partial charge in [0, 0.05) is 12.1 Å². The highest BCUT2D eigenvalue weighted by molar-refractivity contribution is 6.32. The largest absolute Gasteiger partial charge is 0.298 e. The van der Waals surface area contributed by atoms with Gasteiger partial charge in [0.15, 0.2) is 23.7 Å². The number of nitrogens with zero attached hydrogens (tertiary/aromatic N) is 2. The first-order valence-electron chi connectivity index (χ1n) is 5.37. The van der Waals surface area contributed by atoms with Crippen LogP contribution in [0.3, 0.4) is 0 Å². The Labute approximate surface area is 111 Å². The van der Waals surface area contributed by atoms with Gasteiger partial charge in [-0.25, -0.2) is 17.9 Å². The third-order valence-electron chi connectivity index (χ3n) is 2.61. The molecule has 0 unspecified atom stereocenters. The fourth-order valence-corrected chi connectivity index (χ4v) is 1.95. The second-order valence-electron chi connectivity index (χ2n) is 3.76. The highest BCUT2D eigenvalue weighted by atomic mass is 35.5. The van der Waals surface area contributed by atoms with E-state index in [-0.39, 0.29) is 16.4 Å². The van der Waals surface area contributed by atoms with E-state index in [4.69, 9.17) is 11.6 Å². The number of hydrogen-bond acceptors (Lipinski definition) is 2. The second-order valence-corrected chi connectivity index (χ2v) is 4.12. The molecular formula is C12H8ClF3N2O. The van der Waals surface area contributed by atoms with Gasteiger partial charge in [-0.3, -0.25) is 4.79 Å². The molecule has 3 nitrogen and oxygen atoms in total. The van der Waals surface area contributed by atoms with E-state index in [0.717, 1.165) is 16.8 Å². The third-order valence-corrected chi connectivity index (χ3v) is 2.97. The fourth-order valence-electron chi connectivity index (χ4n) is 1.66. The molecule has 2 aromatic rings. The number of rotatable bonds is 3. The predicted molar refractivity (Wildman–Crippen MR) is 63.2 cm³/mol. The standard InChI is InChI=1S/C12H8ClF3N2O/c1-2-10-7(5-19)12(13)18(17-10)6-3-8(14)11(16)9(15)4-6/h3-5H,2H2,1H3. The molecule has 1 heterocycles. The SMILES string of the molecule is CCc1nn(-c2cc(F)c(F)c(F)c2)c(Cl)c1C=O. The van der Waals surface area contributed by atoms with Crippen LogP contribution in [0.1, 0.15) is 23.0 Å². The maximum absolute atomic E-state index is 13.2. The minimum atomic E-state index is -1.57. The van der Waals surface area contributed by atoms with Crippen LogP contribution in [-0.4, -0.2) is 16.1 Å². The van der Waals surface area contributed by atoms with Crippen LogP contribution in [-0.2, 0) is 6.42 Å². The Morgan fingerprint density at radius 1 is 1.32 bits per heavy atom. The Hall–Kier alpha value is -1.82. The molecular weight excluding hydrogens is 281 g/mol. The van der Waals surface area contributed by atoms with Crippen LogP contribution in [0.15, 0.2) is 12.1 Å². The molecule has 0 fully saturated rings. The van der Waals surface area contributed by atoms with Gasteiger partial charge < -0.3 is 0 Å². The summed E-state index contributed by atoms with van der Waals surface area (Å²) in [6.45, 7) is 1.75. The van der Waals surface area contributed by atoms with Crippen LogP contribution < -0.4 is 0 Å². The lowest BCUT2D eigenvalue weighted by atomic mass is 10.2. The van der Waals surface area contributed by atoms with Crippen molar-refractivity contribution in [2.24, 2.45) is 0 Å². The van der Waals surface area contributed by atoms with E-state index in [0.29, 0.717) is 18.4 Å². The maximum atomic E-state index is 13.2. The predicted octanol–water partition coefficient (Wildman–Crippen LogP) is 3.32. The zero-order valence-electron chi connectivity index (χ0n) is 9.75. The summed E-state index contributed by atoms with van der Waals surface area (Å²) < 4.78 is 40.2. The second kappa shape index (κ2) is 5.05. The molecule has 0 atom stereocenters. The highest BCUT2D eigenvalue weighted by Gasteiger charge is 2.18. The summed E-state index contributed by atoms with van der Waals surface area (Å²) in [5, 5.41) is 3.91. The minimum absolute atomic E-state index is 0.0720. The molecule has 0 amide bonds. The van der Waals surface area contributed by atoms with Crippen LogP contribution >= 0.6 is 11.6 Å². The molecule has 7 heteroatoms. The third kappa shape index (κ3) is 2.23. The van der Waals surface area contributed by atoms with E-state index in [1.165, 1.54) is 0 Å². The number of benzene rings is 1. The van der Waals surface area contributed by atoms with Gasteiger partial charge in [0.05, 0.1) is 16.9 Å². The summed E-state index contributed by atoms with van der Waals surface area (Å²) in [7, 11) is 0. The van der Waals surface area contributed by atoms with Gasteiger partial charge in [-0.05, 0) is 6.42 Å². The Bertz CT molecular complexity index is 632. The summed E-state index contributed by atoms with van der Waals surface area (Å²) in [5.74, 6) is -4.28. The number of aldehydes is 1. The Kier molecular flexibility index (Phi) is 3.61. The van der Waals surface area contributed by atoms with Crippen LogP contribution in [0.4, 0.5) is 13.2 Å². The van der Waals surface area contributed by atoms with Crippen molar-refractivity contribution in [2.45, 2.75) is 13.3 Å². The quantitative estimate of drug-likeness (QED) is 0.641. The van der Waals surface area contributed by atoms with Crippen LogP contribution in [0.25, 0.3) is 5.69 Å². The molecule has 0 N–H and O–H groups in total. The number of halogens is 4. The number of carbonyl (C=O) groups is 1.